The van der Waals surface area contributed by atoms with Gasteiger partial charge in [-0.05, 0) is 37.1 Å². The van der Waals surface area contributed by atoms with Gasteiger partial charge in [-0.3, -0.25) is 4.90 Å². The van der Waals surface area contributed by atoms with Crippen LogP contribution in [0.1, 0.15) is 37.4 Å². The van der Waals surface area contributed by atoms with E-state index in [1.165, 1.54) is 12.1 Å². The minimum atomic E-state index is -3.32. The summed E-state index contributed by atoms with van der Waals surface area (Å²) in [5, 5.41) is 11.0. The van der Waals surface area contributed by atoms with Crippen LogP contribution in [0.3, 0.4) is 0 Å². The summed E-state index contributed by atoms with van der Waals surface area (Å²) in [6.07, 6.45) is 8.09. The summed E-state index contributed by atoms with van der Waals surface area (Å²) in [5.74, 6) is -0.465. The second-order valence-corrected chi connectivity index (χ2v) is 10.2. The molecule has 1 aliphatic carbocycles. The average Bonchev–Trinajstić information content (AvgIpc) is 3.11. The van der Waals surface area contributed by atoms with E-state index in [4.69, 9.17) is 4.74 Å². The lowest BCUT2D eigenvalue weighted by molar-refractivity contribution is -0.150. The SMILES string of the molecule is CS(=O)(=O)c1ccc(C(O)C2=C3C=C[C@@H]4C[C@@]3(OC2=O)[C@@H]2CCCCN42)cc1. The second kappa shape index (κ2) is 6.02. The number of nitrogens with zero attached hydrogens (tertiary/aromatic N) is 1. The fourth-order valence-corrected chi connectivity index (χ4v) is 6.00. The standard InChI is InChI=1S/C21H23NO5S/c1-28(25,26)15-8-5-13(6-9-15)19(23)18-16-10-7-14-12-21(16,27-20(18)24)17-4-2-3-11-22(14)17/h5-10,14,17,19,23H,2-4,11-12H2,1H3/t14-,17+,19?,21+/m1/s1. The molecule has 5 rings (SSSR count). The first-order valence-corrected chi connectivity index (χ1v) is 11.6. The van der Waals surface area contributed by atoms with Crippen molar-refractivity contribution >= 4 is 15.8 Å². The van der Waals surface area contributed by atoms with Crippen molar-refractivity contribution in [1.29, 1.82) is 0 Å². The molecular weight excluding hydrogens is 378 g/mol. The highest BCUT2D eigenvalue weighted by Gasteiger charge is 2.62. The van der Waals surface area contributed by atoms with E-state index < -0.39 is 27.5 Å². The van der Waals surface area contributed by atoms with Crippen LogP contribution in [0.25, 0.3) is 0 Å². The van der Waals surface area contributed by atoms with Gasteiger partial charge in [-0.1, -0.05) is 30.7 Å². The van der Waals surface area contributed by atoms with E-state index in [9.17, 15) is 18.3 Å². The van der Waals surface area contributed by atoms with Crippen LogP contribution < -0.4 is 0 Å². The molecule has 1 spiro atoms. The van der Waals surface area contributed by atoms with Crippen molar-refractivity contribution in [3.05, 3.63) is 53.1 Å². The molecule has 148 valence electrons. The van der Waals surface area contributed by atoms with Gasteiger partial charge in [-0.25, -0.2) is 13.2 Å². The molecule has 1 aromatic carbocycles. The van der Waals surface area contributed by atoms with Gasteiger partial charge >= 0.3 is 5.97 Å². The third kappa shape index (κ3) is 2.46. The minimum absolute atomic E-state index is 0.164. The highest BCUT2D eigenvalue weighted by Crippen LogP contribution is 2.54. The number of hydrogen-bond acceptors (Lipinski definition) is 6. The molecule has 7 heteroatoms. The van der Waals surface area contributed by atoms with Gasteiger partial charge in [0.1, 0.15) is 6.10 Å². The lowest BCUT2D eigenvalue weighted by Crippen LogP contribution is -2.48. The number of esters is 1. The van der Waals surface area contributed by atoms with Gasteiger partial charge in [-0.2, -0.15) is 0 Å². The van der Waals surface area contributed by atoms with E-state index in [-0.39, 0.29) is 22.6 Å². The van der Waals surface area contributed by atoms with Crippen LogP contribution in [0.2, 0.25) is 0 Å². The summed E-state index contributed by atoms with van der Waals surface area (Å²) < 4.78 is 29.3. The van der Waals surface area contributed by atoms with Crippen molar-refractivity contribution < 1.29 is 23.1 Å². The topological polar surface area (TPSA) is 83.9 Å². The third-order valence-corrected chi connectivity index (χ3v) is 7.77. The number of rotatable bonds is 3. The molecule has 2 saturated heterocycles. The zero-order valence-corrected chi connectivity index (χ0v) is 16.5. The smallest absolute Gasteiger partial charge is 0.338 e. The minimum Gasteiger partial charge on any atom is -0.449 e. The van der Waals surface area contributed by atoms with Crippen molar-refractivity contribution in [2.24, 2.45) is 0 Å². The van der Waals surface area contributed by atoms with Gasteiger partial charge in [-0.15, -0.1) is 0 Å². The Morgan fingerprint density at radius 2 is 2.00 bits per heavy atom. The third-order valence-electron chi connectivity index (χ3n) is 6.64. The fourth-order valence-electron chi connectivity index (χ4n) is 5.37. The summed E-state index contributed by atoms with van der Waals surface area (Å²) in [6, 6.07) is 6.48. The number of fused-ring (bicyclic) bond motifs is 3. The maximum absolute atomic E-state index is 12.9. The molecule has 1 aromatic rings. The number of hydrogen-bond donors (Lipinski definition) is 1. The van der Waals surface area contributed by atoms with E-state index in [0.717, 1.165) is 44.1 Å². The first-order valence-electron chi connectivity index (χ1n) is 9.71. The number of benzene rings is 1. The molecule has 0 amide bonds. The predicted molar refractivity (Wildman–Crippen MR) is 102 cm³/mol. The van der Waals surface area contributed by atoms with Crippen LogP contribution in [0, 0.1) is 0 Å². The number of sulfone groups is 1. The molecule has 3 heterocycles. The molecule has 2 fully saturated rings. The van der Waals surface area contributed by atoms with Gasteiger partial charge in [0.15, 0.2) is 15.4 Å². The molecular formula is C21H23NO5S. The Labute approximate surface area is 164 Å². The maximum atomic E-state index is 12.9. The number of aliphatic hydroxyl groups excluding tert-OH is 1. The highest BCUT2D eigenvalue weighted by atomic mass is 32.2. The zero-order chi connectivity index (χ0) is 19.7. The van der Waals surface area contributed by atoms with Crippen molar-refractivity contribution in [2.75, 3.05) is 12.8 Å². The molecule has 28 heavy (non-hydrogen) atoms. The van der Waals surface area contributed by atoms with Gasteiger partial charge in [0.2, 0.25) is 0 Å². The average molecular weight is 401 g/mol. The lowest BCUT2D eigenvalue weighted by Gasteiger charge is -2.37. The van der Waals surface area contributed by atoms with Gasteiger partial charge in [0.05, 0.1) is 16.5 Å². The molecule has 0 saturated carbocycles. The Bertz CT molecular complexity index is 1010. The molecule has 0 radical (unpaired) electrons. The first kappa shape index (κ1) is 18.1. The summed E-state index contributed by atoms with van der Waals surface area (Å²) in [6.45, 7) is 1.01. The molecule has 4 atom stereocenters. The van der Waals surface area contributed by atoms with E-state index in [0.29, 0.717) is 5.56 Å². The van der Waals surface area contributed by atoms with Gasteiger partial charge in [0, 0.05) is 24.3 Å². The predicted octanol–water partition coefficient (Wildman–Crippen LogP) is 1.91. The normalized spacial score (nSPS) is 32.9. The fraction of sp³-hybridized carbons (Fsp3) is 0.476. The Kier molecular flexibility index (Phi) is 3.89. The zero-order valence-electron chi connectivity index (χ0n) is 15.7. The molecule has 1 N–H and O–H groups in total. The van der Waals surface area contributed by atoms with Crippen LogP contribution in [0.4, 0.5) is 0 Å². The molecule has 4 aliphatic rings. The lowest BCUT2D eigenvalue weighted by atomic mass is 9.78. The molecule has 2 bridgehead atoms. The molecule has 1 unspecified atom stereocenters. The Hall–Kier alpha value is -1.96. The Morgan fingerprint density at radius 3 is 2.71 bits per heavy atom. The van der Waals surface area contributed by atoms with Crippen molar-refractivity contribution in [3.8, 4) is 0 Å². The molecule has 0 aromatic heterocycles. The first-order chi connectivity index (χ1) is 13.3. The van der Waals surface area contributed by atoms with E-state index in [2.05, 4.69) is 11.0 Å². The molecule has 3 aliphatic heterocycles. The quantitative estimate of drug-likeness (QED) is 0.779. The van der Waals surface area contributed by atoms with Crippen LogP contribution in [0.15, 0.2) is 52.5 Å². The van der Waals surface area contributed by atoms with Crippen LogP contribution in [-0.4, -0.2) is 54.9 Å². The van der Waals surface area contributed by atoms with E-state index in [1.807, 2.05) is 6.08 Å². The summed E-state index contributed by atoms with van der Waals surface area (Å²) >= 11 is 0. The van der Waals surface area contributed by atoms with Crippen LogP contribution in [-0.2, 0) is 19.4 Å². The maximum Gasteiger partial charge on any atom is 0.338 e. The van der Waals surface area contributed by atoms with Crippen molar-refractivity contribution in [2.45, 2.75) is 54.4 Å². The second-order valence-electron chi connectivity index (χ2n) is 8.23. The summed E-state index contributed by atoms with van der Waals surface area (Å²) in [4.78, 5) is 15.5. The monoisotopic (exact) mass is 401 g/mol. The van der Waals surface area contributed by atoms with Gasteiger partial charge < -0.3 is 9.84 Å². The summed E-state index contributed by atoms with van der Waals surface area (Å²) in [5.41, 5.74) is 0.912. The number of aliphatic hydroxyl groups is 1. The Balaban J connectivity index is 1.55. The van der Waals surface area contributed by atoms with E-state index >= 15 is 0 Å². The number of piperidine rings is 1. The largest absolute Gasteiger partial charge is 0.449 e. The van der Waals surface area contributed by atoms with Crippen molar-refractivity contribution in [3.63, 3.8) is 0 Å². The number of carbonyl (C=O) groups excluding carboxylic acids is 1. The van der Waals surface area contributed by atoms with Gasteiger partial charge in [0.25, 0.3) is 0 Å². The van der Waals surface area contributed by atoms with E-state index in [1.54, 1.807) is 12.1 Å². The molecule has 6 nitrogen and oxygen atoms in total. The van der Waals surface area contributed by atoms with Crippen LogP contribution in [0.5, 0.6) is 0 Å². The van der Waals surface area contributed by atoms with Crippen molar-refractivity contribution in [1.82, 2.24) is 4.90 Å². The number of carbonyl (C=O) groups is 1. The van der Waals surface area contributed by atoms with Crippen LogP contribution >= 0.6 is 0 Å². The summed E-state index contributed by atoms with van der Waals surface area (Å²) in [7, 11) is -3.32. The highest BCUT2D eigenvalue weighted by molar-refractivity contribution is 7.90. The Morgan fingerprint density at radius 1 is 1.25 bits per heavy atom. The number of ether oxygens (including phenoxy) is 1.